The van der Waals surface area contributed by atoms with E-state index < -0.39 is 11.6 Å². The van der Waals surface area contributed by atoms with Gasteiger partial charge in [-0.25, -0.2) is 13.2 Å². The van der Waals surface area contributed by atoms with Crippen LogP contribution in [0, 0.1) is 23.4 Å². The van der Waals surface area contributed by atoms with Crippen LogP contribution >= 0.6 is 0 Å². The Kier molecular flexibility index (Phi) is 8.28. The molecule has 0 nitrogen and oxygen atoms in total. The smallest absolute Gasteiger partial charge is 0.166 e. The average Bonchev–Trinajstić information content (AvgIpc) is 2.89. The maximum Gasteiger partial charge on any atom is 0.166 e. The lowest BCUT2D eigenvalue weighted by atomic mass is 9.86. The fourth-order valence-corrected chi connectivity index (χ4v) is 4.86. The van der Waals surface area contributed by atoms with Gasteiger partial charge in [0.2, 0.25) is 0 Å². The minimum Gasteiger partial charge on any atom is -0.206 e. The highest BCUT2D eigenvalue weighted by molar-refractivity contribution is 5.74. The molecule has 3 aromatic rings. The van der Waals surface area contributed by atoms with Gasteiger partial charge in [-0.15, -0.1) is 6.58 Å². The first kappa shape index (κ1) is 25.0. The monoisotopic (exact) mass is 474 g/mol. The van der Waals surface area contributed by atoms with Gasteiger partial charge < -0.3 is 0 Å². The van der Waals surface area contributed by atoms with Crippen LogP contribution in [-0.4, -0.2) is 0 Å². The number of halogens is 3. The van der Waals surface area contributed by atoms with Gasteiger partial charge in [0, 0.05) is 11.1 Å². The lowest BCUT2D eigenvalue weighted by Gasteiger charge is -2.19. The summed E-state index contributed by atoms with van der Waals surface area (Å²) in [4.78, 5) is 0. The van der Waals surface area contributed by atoms with Gasteiger partial charge in [0.15, 0.2) is 11.6 Å². The average molecular weight is 475 g/mol. The fourth-order valence-electron chi connectivity index (χ4n) is 4.86. The van der Waals surface area contributed by atoms with Crippen LogP contribution < -0.4 is 0 Å². The predicted octanol–water partition coefficient (Wildman–Crippen LogP) is 9.93. The number of aryl methyl sites for hydroxylation is 1. The van der Waals surface area contributed by atoms with Crippen LogP contribution in [0.5, 0.6) is 0 Å². The van der Waals surface area contributed by atoms with Crippen molar-refractivity contribution in [3.63, 3.8) is 0 Å². The standard InChI is InChI=1S/C32H33F3/c1-3-5-6-7-8-26-17-20-29(32(35)31(26)34)25-15-13-23(14-16-25)27-18-19-28(30(33)21-27)24-11-9-22(4-2)10-12-24/h4,11,13-22H,2-3,5-10,12H2,1H3. The molecule has 0 fully saturated rings. The molecule has 1 unspecified atom stereocenters. The van der Waals surface area contributed by atoms with E-state index >= 15 is 0 Å². The van der Waals surface area contributed by atoms with Crippen molar-refractivity contribution in [1.29, 1.82) is 0 Å². The lowest BCUT2D eigenvalue weighted by molar-refractivity contribution is 0.498. The van der Waals surface area contributed by atoms with E-state index in [4.69, 9.17) is 0 Å². The SMILES string of the molecule is C=CC1CC=C(c2ccc(-c3ccc(-c4ccc(CCCCCC)c(F)c4F)cc3)cc2F)CC1. The summed E-state index contributed by atoms with van der Waals surface area (Å²) in [7, 11) is 0. The number of benzene rings is 3. The molecule has 0 amide bonds. The second-order valence-corrected chi connectivity index (χ2v) is 9.48. The molecule has 0 aliphatic heterocycles. The second-order valence-electron chi connectivity index (χ2n) is 9.48. The topological polar surface area (TPSA) is 0 Å². The fraction of sp³-hybridized carbons (Fsp3) is 0.312. The minimum absolute atomic E-state index is 0.238. The summed E-state index contributed by atoms with van der Waals surface area (Å²) in [5.74, 6) is -1.32. The van der Waals surface area contributed by atoms with Crippen LogP contribution in [0.15, 0.2) is 73.3 Å². The molecule has 1 atom stereocenters. The Bertz CT molecular complexity index is 1200. The van der Waals surface area contributed by atoms with Gasteiger partial charge in [-0.05, 0) is 71.9 Å². The van der Waals surface area contributed by atoms with Crippen LogP contribution in [-0.2, 0) is 6.42 Å². The molecule has 0 saturated carbocycles. The molecular formula is C32H33F3. The summed E-state index contributed by atoms with van der Waals surface area (Å²) < 4.78 is 44.4. The number of unbranched alkanes of at least 4 members (excludes halogenated alkanes) is 3. The summed E-state index contributed by atoms with van der Waals surface area (Å²) in [5, 5.41) is 0. The first-order chi connectivity index (χ1) is 17.0. The number of hydrogen-bond acceptors (Lipinski definition) is 0. The van der Waals surface area contributed by atoms with E-state index in [0.29, 0.717) is 29.0 Å². The first-order valence-electron chi connectivity index (χ1n) is 12.7. The zero-order chi connectivity index (χ0) is 24.8. The molecule has 3 heteroatoms. The van der Waals surface area contributed by atoms with Gasteiger partial charge in [0.25, 0.3) is 0 Å². The summed E-state index contributed by atoms with van der Waals surface area (Å²) in [6.45, 7) is 5.98. The molecular weight excluding hydrogens is 441 g/mol. The zero-order valence-corrected chi connectivity index (χ0v) is 20.4. The van der Waals surface area contributed by atoms with E-state index in [1.54, 1.807) is 30.3 Å². The highest BCUT2D eigenvalue weighted by Gasteiger charge is 2.17. The second kappa shape index (κ2) is 11.6. The van der Waals surface area contributed by atoms with Crippen LogP contribution in [0.4, 0.5) is 13.2 Å². The summed E-state index contributed by atoms with van der Waals surface area (Å²) in [6.07, 6.45) is 11.5. The van der Waals surface area contributed by atoms with E-state index in [1.165, 1.54) is 0 Å². The van der Waals surface area contributed by atoms with Crippen molar-refractivity contribution in [3.05, 3.63) is 102 Å². The van der Waals surface area contributed by atoms with Crippen molar-refractivity contribution in [2.24, 2.45) is 5.92 Å². The number of rotatable bonds is 9. The summed E-state index contributed by atoms with van der Waals surface area (Å²) in [5.41, 5.74) is 4.57. The third kappa shape index (κ3) is 5.78. The molecule has 0 radical (unpaired) electrons. The van der Waals surface area contributed by atoms with Crippen LogP contribution in [0.2, 0.25) is 0 Å². The van der Waals surface area contributed by atoms with Gasteiger partial charge >= 0.3 is 0 Å². The van der Waals surface area contributed by atoms with Gasteiger partial charge in [-0.2, -0.15) is 0 Å². The van der Waals surface area contributed by atoms with Crippen LogP contribution in [0.3, 0.4) is 0 Å². The number of hydrogen-bond donors (Lipinski definition) is 0. The maximum atomic E-state index is 15.0. The lowest BCUT2D eigenvalue weighted by Crippen LogP contribution is -2.03. The predicted molar refractivity (Wildman–Crippen MR) is 141 cm³/mol. The molecule has 1 aliphatic rings. The normalized spacial score (nSPS) is 15.7. The van der Waals surface area contributed by atoms with Crippen molar-refractivity contribution in [3.8, 4) is 22.3 Å². The Labute approximate surface area is 207 Å². The molecule has 0 heterocycles. The Morgan fingerprint density at radius 3 is 2.20 bits per heavy atom. The van der Waals surface area contributed by atoms with Crippen molar-refractivity contribution in [2.45, 2.75) is 58.3 Å². The Morgan fingerprint density at radius 2 is 1.54 bits per heavy atom. The molecule has 35 heavy (non-hydrogen) atoms. The highest BCUT2D eigenvalue weighted by Crippen LogP contribution is 2.34. The van der Waals surface area contributed by atoms with E-state index in [1.807, 2.05) is 30.3 Å². The Hall–Kier alpha value is -3.07. The first-order valence-corrected chi connectivity index (χ1v) is 12.7. The van der Waals surface area contributed by atoms with Crippen LogP contribution in [0.1, 0.15) is 63.0 Å². The van der Waals surface area contributed by atoms with Gasteiger partial charge in [0.1, 0.15) is 5.82 Å². The highest BCUT2D eigenvalue weighted by atomic mass is 19.2. The van der Waals surface area contributed by atoms with Gasteiger partial charge in [0.05, 0.1) is 0 Å². The summed E-state index contributed by atoms with van der Waals surface area (Å²) >= 11 is 0. The van der Waals surface area contributed by atoms with Crippen molar-refractivity contribution < 1.29 is 13.2 Å². The molecule has 1 aliphatic carbocycles. The number of allylic oxidation sites excluding steroid dienone is 3. The third-order valence-corrected chi connectivity index (χ3v) is 7.09. The molecule has 0 bridgehead atoms. The molecule has 0 saturated heterocycles. The zero-order valence-electron chi connectivity index (χ0n) is 20.4. The minimum atomic E-state index is -0.805. The molecule has 0 spiro atoms. The van der Waals surface area contributed by atoms with E-state index in [2.05, 4.69) is 19.6 Å². The molecule has 182 valence electrons. The molecule has 0 aromatic heterocycles. The van der Waals surface area contributed by atoms with E-state index in [9.17, 15) is 13.2 Å². The largest absolute Gasteiger partial charge is 0.206 e. The van der Waals surface area contributed by atoms with Crippen molar-refractivity contribution in [1.82, 2.24) is 0 Å². The summed E-state index contributed by atoms with van der Waals surface area (Å²) in [6, 6.07) is 15.8. The molecule has 0 N–H and O–H groups in total. The van der Waals surface area contributed by atoms with Crippen molar-refractivity contribution in [2.75, 3.05) is 0 Å². The quantitative estimate of drug-likeness (QED) is 0.214. The van der Waals surface area contributed by atoms with E-state index in [-0.39, 0.29) is 11.4 Å². The Morgan fingerprint density at radius 1 is 0.829 bits per heavy atom. The van der Waals surface area contributed by atoms with Crippen molar-refractivity contribution >= 4 is 5.57 Å². The third-order valence-electron chi connectivity index (χ3n) is 7.09. The molecule has 4 rings (SSSR count). The van der Waals surface area contributed by atoms with Crippen LogP contribution in [0.25, 0.3) is 27.8 Å². The van der Waals surface area contributed by atoms with E-state index in [0.717, 1.165) is 61.6 Å². The molecule has 3 aromatic carbocycles. The van der Waals surface area contributed by atoms with Gasteiger partial charge in [-0.1, -0.05) is 86.9 Å². The Balaban J connectivity index is 1.50. The maximum absolute atomic E-state index is 15.0. The van der Waals surface area contributed by atoms with Gasteiger partial charge in [-0.3, -0.25) is 0 Å².